The lowest BCUT2D eigenvalue weighted by Crippen LogP contribution is -2.15. The molecule has 6 aromatic carbocycles. The van der Waals surface area contributed by atoms with Crippen molar-refractivity contribution in [3.63, 3.8) is 0 Å². The predicted octanol–water partition coefficient (Wildman–Crippen LogP) is 11.2. The van der Waals surface area contributed by atoms with Gasteiger partial charge in [0.15, 0.2) is 17.5 Å². The fourth-order valence-electron chi connectivity index (χ4n) is 6.80. The van der Waals surface area contributed by atoms with Crippen LogP contribution in [0.25, 0.3) is 76.6 Å². The average molecular weight is 613 g/mol. The van der Waals surface area contributed by atoms with Crippen LogP contribution in [0.15, 0.2) is 139 Å². The van der Waals surface area contributed by atoms with Gasteiger partial charge in [0.1, 0.15) is 0 Å². The summed E-state index contributed by atoms with van der Waals surface area (Å²) in [5.41, 5.74) is 8.22. The summed E-state index contributed by atoms with van der Waals surface area (Å²) in [6, 6.07) is 35.2. The number of fused-ring (bicyclic) bond motifs is 6. The van der Waals surface area contributed by atoms with E-state index < -0.39 is 6.04 Å². The Hall–Kier alpha value is -5.45. The molecule has 46 heavy (non-hydrogen) atoms. The van der Waals surface area contributed by atoms with Crippen molar-refractivity contribution in [3.05, 3.63) is 151 Å². The van der Waals surface area contributed by atoms with Crippen LogP contribution in [-0.2, 0) is 5.41 Å². The lowest BCUT2D eigenvalue weighted by Gasteiger charge is -2.21. The van der Waals surface area contributed by atoms with Crippen molar-refractivity contribution in [3.8, 4) is 56.4 Å². The van der Waals surface area contributed by atoms with Crippen LogP contribution in [0.2, 0.25) is 0 Å². The largest absolute Gasteiger partial charge is 0.208 e. The molecule has 0 bridgehead atoms. The van der Waals surface area contributed by atoms with Crippen LogP contribution in [0.1, 0.15) is 31.8 Å². The Morgan fingerprint density at radius 3 is 2.07 bits per heavy atom. The zero-order chi connectivity index (χ0) is 35.2. The van der Waals surface area contributed by atoms with E-state index in [9.17, 15) is 0 Å². The highest BCUT2D eigenvalue weighted by Gasteiger charge is 2.35. The molecule has 9 rings (SSSR count). The van der Waals surface area contributed by atoms with Gasteiger partial charge in [0.25, 0.3) is 0 Å². The average Bonchev–Trinajstić information content (AvgIpc) is 3.66. The minimum Gasteiger partial charge on any atom is -0.208 e. The molecule has 4 heteroatoms. The lowest BCUT2D eigenvalue weighted by molar-refractivity contribution is 0.660. The molecular formula is C42H29N3S. The van der Waals surface area contributed by atoms with E-state index in [1.165, 1.54) is 33.6 Å². The highest BCUT2D eigenvalue weighted by atomic mass is 32.1. The molecule has 2 aromatic heterocycles. The SMILES string of the molecule is [2H]c1c([2H])c([2H])c(-c2cccc3c2sc2cccc(-c4nc(-c5ccccc5)nc(-c5ccc6c(c5)C(C)(C)c5ccccc5-6)n4)c23)c([2H])c1[2H]. The maximum atomic E-state index is 8.68. The molecule has 8 aromatic rings. The van der Waals surface area contributed by atoms with Crippen LogP contribution in [0.4, 0.5) is 0 Å². The van der Waals surface area contributed by atoms with Crippen molar-refractivity contribution in [2.75, 3.05) is 0 Å². The summed E-state index contributed by atoms with van der Waals surface area (Å²) in [6.45, 7) is 4.52. The van der Waals surface area contributed by atoms with Crippen molar-refractivity contribution >= 4 is 31.5 Å². The van der Waals surface area contributed by atoms with E-state index >= 15 is 0 Å². The van der Waals surface area contributed by atoms with Gasteiger partial charge >= 0.3 is 0 Å². The van der Waals surface area contributed by atoms with E-state index in [1.807, 2.05) is 66.7 Å². The van der Waals surface area contributed by atoms with Crippen LogP contribution < -0.4 is 0 Å². The third kappa shape index (κ3) is 4.14. The van der Waals surface area contributed by atoms with Gasteiger partial charge in [-0.15, -0.1) is 11.3 Å². The monoisotopic (exact) mass is 612 g/mol. The molecule has 3 nitrogen and oxygen atoms in total. The summed E-state index contributed by atoms with van der Waals surface area (Å²) in [4.78, 5) is 15.3. The quantitative estimate of drug-likeness (QED) is 0.198. The molecule has 2 heterocycles. The molecule has 0 N–H and O–H groups in total. The zero-order valence-electron chi connectivity index (χ0n) is 30.1. The number of hydrogen-bond acceptors (Lipinski definition) is 4. The first-order valence-electron chi connectivity index (χ1n) is 17.7. The molecule has 0 fully saturated rings. The molecule has 0 amide bonds. The minimum atomic E-state index is -0.407. The topological polar surface area (TPSA) is 38.7 Å². The van der Waals surface area contributed by atoms with Crippen molar-refractivity contribution in [1.29, 1.82) is 0 Å². The first-order valence-corrected chi connectivity index (χ1v) is 16.0. The summed E-state index contributed by atoms with van der Waals surface area (Å²) in [5, 5.41) is 1.84. The van der Waals surface area contributed by atoms with E-state index in [0.29, 0.717) is 23.0 Å². The van der Waals surface area contributed by atoms with Crippen LogP contribution in [0.5, 0.6) is 0 Å². The van der Waals surface area contributed by atoms with Gasteiger partial charge in [0.2, 0.25) is 0 Å². The number of hydrogen-bond donors (Lipinski definition) is 0. The highest BCUT2D eigenvalue weighted by Crippen LogP contribution is 2.49. The Bertz CT molecular complexity index is 2710. The van der Waals surface area contributed by atoms with Crippen LogP contribution in [0, 0.1) is 0 Å². The normalized spacial score (nSPS) is 14.7. The summed E-state index contributed by atoms with van der Waals surface area (Å²) in [6.07, 6.45) is 0. The van der Waals surface area contributed by atoms with Gasteiger partial charge < -0.3 is 0 Å². The number of nitrogens with zero attached hydrogens (tertiary/aromatic N) is 3. The van der Waals surface area contributed by atoms with Gasteiger partial charge in [0.05, 0.1) is 6.85 Å². The molecule has 0 aliphatic heterocycles. The molecule has 0 atom stereocenters. The Labute approximate surface area is 278 Å². The standard InChI is InChI=1S/C42H29N3S/c1-42(2)34-21-10-9-17-30(34)31-24-23-28(25-35(31)42)40-43-39(27-15-7-4-8-16-27)44-41(45-40)33-20-12-22-36-37(33)32-19-11-18-29(38(32)46-36)26-13-5-3-6-14-26/h3-25H,1-2H3/i3D,5D,6D,13D,14D. The first kappa shape index (κ1) is 22.1. The van der Waals surface area contributed by atoms with E-state index in [0.717, 1.165) is 36.9 Å². The fourth-order valence-corrected chi connectivity index (χ4v) is 8.05. The molecule has 1 aliphatic rings. The third-order valence-corrected chi connectivity index (χ3v) is 10.2. The maximum absolute atomic E-state index is 8.68. The summed E-state index contributed by atoms with van der Waals surface area (Å²) in [7, 11) is 0. The fraction of sp³-hybridized carbons (Fsp3) is 0.0714. The minimum absolute atomic E-state index is 0.181. The lowest BCUT2D eigenvalue weighted by atomic mass is 9.82. The smallest absolute Gasteiger partial charge is 0.164 e. The van der Waals surface area contributed by atoms with Gasteiger partial charge in [-0.2, -0.15) is 0 Å². The molecule has 0 saturated heterocycles. The van der Waals surface area contributed by atoms with Gasteiger partial charge in [-0.1, -0.05) is 141 Å². The van der Waals surface area contributed by atoms with Gasteiger partial charge in [-0.25, -0.2) is 15.0 Å². The van der Waals surface area contributed by atoms with Crippen LogP contribution >= 0.6 is 11.3 Å². The Morgan fingerprint density at radius 1 is 0.543 bits per heavy atom. The number of aromatic nitrogens is 3. The molecule has 1 aliphatic carbocycles. The molecule has 0 saturated carbocycles. The third-order valence-electron chi connectivity index (χ3n) is 9.04. The van der Waals surface area contributed by atoms with Crippen molar-refractivity contribution in [2.45, 2.75) is 19.3 Å². The van der Waals surface area contributed by atoms with Crippen LogP contribution in [0.3, 0.4) is 0 Å². The zero-order valence-corrected chi connectivity index (χ0v) is 26.0. The molecule has 218 valence electrons. The van der Waals surface area contributed by atoms with Gasteiger partial charge in [0, 0.05) is 42.3 Å². The molecule has 0 spiro atoms. The predicted molar refractivity (Wildman–Crippen MR) is 192 cm³/mol. The number of benzene rings is 6. The molecule has 0 unspecified atom stereocenters. The van der Waals surface area contributed by atoms with E-state index in [4.69, 9.17) is 21.8 Å². The summed E-state index contributed by atoms with van der Waals surface area (Å²) < 4.78 is 43.9. The van der Waals surface area contributed by atoms with E-state index in [-0.39, 0.29) is 35.1 Å². The maximum Gasteiger partial charge on any atom is 0.164 e. The van der Waals surface area contributed by atoms with Crippen molar-refractivity contribution in [2.24, 2.45) is 0 Å². The van der Waals surface area contributed by atoms with Gasteiger partial charge in [-0.05, 0) is 45.5 Å². The summed E-state index contributed by atoms with van der Waals surface area (Å²) >= 11 is 1.53. The first-order chi connectivity index (χ1) is 24.6. The van der Waals surface area contributed by atoms with E-state index in [2.05, 4.69) is 56.3 Å². The molecular weight excluding hydrogens is 579 g/mol. The number of rotatable bonds is 4. The van der Waals surface area contributed by atoms with Gasteiger partial charge in [-0.3, -0.25) is 0 Å². The van der Waals surface area contributed by atoms with Crippen molar-refractivity contribution < 1.29 is 6.85 Å². The second-order valence-corrected chi connectivity index (χ2v) is 13.1. The summed E-state index contributed by atoms with van der Waals surface area (Å²) in [5.74, 6) is 1.67. The Morgan fingerprint density at radius 2 is 1.22 bits per heavy atom. The highest BCUT2D eigenvalue weighted by molar-refractivity contribution is 7.26. The Balaban J connectivity index is 1.27. The Kier molecular flexibility index (Phi) is 4.95. The number of thiophene rings is 1. The second kappa shape index (κ2) is 10.3. The molecule has 0 radical (unpaired) electrons. The second-order valence-electron chi connectivity index (χ2n) is 12.1. The van der Waals surface area contributed by atoms with Crippen molar-refractivity contribution in [1.82, 2.24) is 15.0 Å². The van der Waals surface area contributed by atoms with E-state index in [1.54, 1.807) is 0 Å². The van der Waals surface area contributed by atoms with Crippen LogP contribution in [-0.4, -0.2) is 15.0 Å².